The number of rotatable bonds is 6. The van der Waals surface area contributed by atoms with Crippen LogP contribution in [0.25, 0.3) is 22.5 Å². The van der Waals surface area contributed by atoms with Crippen molar-refractivity contribution in [2.24, 2.45) is 7.05 Å². The summed E-state index contributed by atoms with van der Waals surface area (Å²) in [7, 11) is -0.0519. The van der Waals surface area contributed by atoms with E-state index in [-0.39, 0.29) is 22.7 Å². The predicted octanol–water partition coefficient (Wildman–Crippen LogP) is 5.18. The number of amides is 1. The number of anilines is 2. The minimum absolute atomic E-state index is 0.113. The Hall–Kier alpha value is -3.57. The molecule has 10 nitrogen and oxygen atoms in total. The van der Waals surface area contributed by atoms with E-state index in [1.54, 1.807) is 17.1 Å². The Labute approximate surface area is 223 Å². The Bertz CT molecular complexity index is 1490. The topological polar surface area (TPSA) is 111 Å². The Morgan fingerprint density at radius 3 is 2.79 bits per heavy atom. The molecule has 4 aromatic heterocycles. The lowest BCUT2D eigenvalue weighted by atomic mass is 10.1. The van der Waals surface area contributed by atoms with Gasteiger partial charge in [-0.3, -0.25) is 14.5 Å². The zero-order valence-electron chi connectivity index (χ0n) is 23.1. The van der Waals surface area contributed by atoms with Gasteiger partial charge in [-0.15, -0.1) is 0 Å². The van der Waals surface area contributed by atoms with E-state index < -0.39 is 8.32 Å². The van der Waals surface area contributed by atoms with Crippen molar-refractivity contribution < 1.29 is 13.6 Å². The Balaban J connectivity index is 1.41. The van der Waals surface area contributed by atoms with Gasteiger partial charge in [-0.25, -0.2) is 9.97 Å². The van der Waals surface area contributed by atoms with E-state index in [1.165, 1.54) is 6.26 Å². The maximum absolute atomic E-state index is 13.3. The van der Waals surface area contributed by atoms with E-state index in [0.29, 0.717) is 29.6 Å². The molecule has 38 heavy (non-hydrogen) atoms. The SMILES string of the molecule is Cc1cnccc1-c1nc(C(=O)Nc2cc3cn(C)nc3nc2N2CC[C@H](O[Si](C)(C)C(C)(C)C)C2)co1. The molecule has 11 heteroatoms. The summed E-state index contributed by atoms with van der Waals surface area (Å²) < 4.78 is 14.0. The molecule has 5 rings (SSSR count). The Morgan fingerprint density at radius 1 is 1.26 bits per heavy atom. The van der Waals surface area contributed by atoms with E-state index in [2.05, 4.69) is 59.1 Å². The molecular formula is C27H35N7O3Si. The van der Waals surface area contributed by atoms with Crippen LogP contribution < -0.4 is 10.2 Å². The first-order valence-corrected chi connectivity index (χ1v) is 15.8. The monoisotopic (exact) mass is 533 g/mol. The standard InChI is InChI=1S/C27H35N7O3Si/c1-17-13-28-10-8-20(17)26-30-22(16-36-26)25(35)29-21-12-18-14-33(5)32-23(18)31-24(21)34-11-9-19(15-34)37-38(6,7)27(2,3)4/h8,10,12-14,16,19H,9,11,15H2,1-7H3,(H,29,35)/t19-/m0/s1. The third-order valence-corrected chi connectivity index (χ3v) is 12.1. The maximum Gasteiger partial charge on any atom is 0.277 e. The van der Waals surface area contributed by atoms with Crippen LogP contribution in [0.1, 0.15) is 43.2 Å². The van der Waals surface area contributed by atoms with Crippen LogP contribution in [-0.4, -0.2) is 58.2 Å². The van der Waals surface area contributed by atoms with Gasteiger partial charge in [0.1, 0.15) is 6.26 Å². The molecule has 0 aromatic carbocycles. The normalized spacial score (nSPS) is 16.4. The van der Waals surface area contributed by atoms with Crippen LogP contribution in [0.5, 0.6) is 0 Å². The first-order valence-electron chi connectivity index (χ1n) is 12.9. The molecule has 1 aliphatic heterocycles. The van der Waals surface area contributed by atoms with E-state index in [4.69, 9.17) is 13.8 Å². The Kier molecular flexibility index (Phi) is 6.60. The second-order valence-electron chi connectivity index (χ2n) is 11.5. The number of carbonyl (C=O) groups excluding carboxylic acids is 1. The molecule has 4 aromatic rings. The molecule has 1 saturated heterocycles. The molecule has 1 fully saturated rings. The summed E-state index contributed by atoms with van der Waals surface area (Å²) in [5.74, 6) is 0.687. The van der Waals surface area contributed by atoms with Crippen molar-refractivity contribution in [3.8, 4) is 11.5 Å². The van der Waals surface area contributed by atoms with Gasteiger partial charge >= 0.3 is 0 Å². The number of aromatic nitrogens is 5. The largest absolute Gasteiger partial charge is 0.444 e. The van der Waals surface area contributed by atoms with Gasteiger partial charge in [0.15, 0.2) is 25.5 Å². The summed E-state index contributed by atoms with van der Waals surface area (Å²) in [5, 5.41) is 8.49. The molecule has 0 aliphatic carbocycles. The van der Waals surface area contributed by atoms with Crippen molar-refractivity contribution in [3.05, 3.63) is 48.2 Å². The second-order valence-corrected chi connectivity index (χ2v) is 16.2. The zero-order valence-corrected chi connectivity index (χ0v) is 24.1. The summed E-state index contributed by atoms with van der Waals surface area (Å²) in [5.41, 5.74) is 3.13. The number of hydrogen-bond acceptors (Lipinski definition) is 8. The first-order chi connectivity index (χ1) is 17.9. The van der Waals surface area contributed by atoms with Crippen molar-refractivity contribution in [1.29, 1.82) is 0 Å². The quantitative estimate of drug-likeness (QED) is 0.338. The fourth-order valence-corrected chi connectivity index (χ4v) is 5.79. The lowest BCUT2D eigenvalue weighted by Gasteiger charge is -2.38. The Morgan fingerprint density at radius 2 is 2.05 bits per heavy atom. The van der Waals surface area contributed by atoms with Gasteiger partial charge in [0.05, 0.1) is 11.8 Å². The van der Waals surface area contributed by atoms with Gasteiger partial charge in [0.25, 0.3) is 5.91 Å². The van der Waals surface area contributed by atoms with Crippen LogP contribution in [0, 0.1) is 6.92 Å². The van der Waals surface area contributed by atoms with Crippen LogP contribution >= 0.6 is 0 Å². The highest BCUT2D eigenvalue weighted by atomic mass is 28.4. The second kappa shape index (κ2) is 9.63. The van der Waals surface area contributed by atoms with Gasteiger partial charge in [-0.2, -0.15) is 5.10 Å². The number of aryl methyl sites for hydroxylation is 2. The van der Waals surface area contributed by atoms with Crippen LogP contribution in [0.15, 0.2) is 41.4 Å². The number of hydrogen-bond donors (Lipinski definition) is 1. The van der Waals surface area contributed by atoms with Gasteiger partial charge in [-0.05, 0) is 49.2 Å². The number of pyridine rings is 2. The third-order valence-electron chi connectivity index (χ3n) is 7.54. The predicted molar refractivity (Wildman–Crippen MR) is 150 cm³/mol. The van der Waals surface area contributed by atoms with E-state index in [9.17, 15) is 4.79 Å². The van der Waals surface area contributed by atoms with Crippen molar-refractivity contribution in [3.63, 3.8) is 0 Å². The molecule has 0 bridgehead atoms. The van der Waals surface area contributed by atoms with Crippen LogP contribution in [0.4, 0.5) is 11.5 Å². The van der Waals surface area contributed by atoms with E-state index in [0.717, 1.165) is 29.5 Å². The highest BCUT2D eigenvalue weighted by Gasteiger charge is 2.41. The van der Waals surface area contributed by atoms with Crippen LogP contribution in [-0.2, 0) is 11.5 Å². The molecule has 1 atom stereocenters. The van der Waals surface area contributed by atoms with E-state index >= 15 is 0 Å². The summed E-state index contributed by atoms with van der Waals surface area (Å²) in [6, 6.07) is 3.73. The van der Waals surface area contributed by atoms with Gasteiger partial charge in [0.2, 0.25) is 5.89 Å². The smallest absolute Gasteiger partial charge is 0.277 e. The molecule has 0 unspecified atom stereocenters. The van der Waals surface area contributed by atoms with Crippen LogP contribution in [0.2, 0.25) is 18.1 Å². The van der Waals surface area contributed by atoms with Crippen molar-refractivity contribution >= 4 is 36.8 Å². The average Bonchev–Trinajstić information content (AvgIpc) is 3.57. The van der Waals surface area contributed by atoms with E-state index in [1.807, 2.05) is 32.3 Å². The minimum atomic E-state index is -1.91. The summed E-state index contributed by atoms with van der Waals surface area (Å²) in [4.78, 5) is 28.9. The number of oxazole rings is 1. The van der Waals surface area contributed by atoms with Crippen molar-refractivity contribution in [2.75, 3.05) is 23.3 Å². The molecule has 5 heterocycles. The highest BCUT2D eigenvalue weighted by Crippen LogP contribution is 2.39. The highest BCUT2D eigenvalue weighted by molar-refractivity contribution is 6.74. The lowest BCUT2D eigenvalue weighted by Crippen LogP contribution is -2.44. The number of fused-ring (bicyclic) bond motifs is 1. The van der Waals surface area contributed by atoms with Gasteiger partial charge in [0, 0.05) is 49.7 Å². The molecule has 1 amide bonds. The van der Waals surface area contributed by atoms with Crippen LogP contribution in [0.3, 0.4) is 0 Å². The number of nitrogens with one attached hydrogen (secondary N) is 1. The number of carbonyl (C=O) groups is 1. The average molecular weight is 534 g/mol. The molecular weight excluding hydrogens is 498 g/mol. The molecule has 1 N–H and O–H groups in total. The first kappa shape index (κ1) is 26.1. The summed E-state index contributed by atoms with van der Waals surface area (Å²) in [6.07, 6.45) is 7.68. The number of nitrogens with zero attached hydrogens (tertiary/aromatic N) is 6. The molecule has 0 radical (unpaired) electrons. The maximum atomic E-state index is 13.3. The van der Waals surface area contributed by atoms with Crippen molar-refractivity contribution in [1.82, 2.24) is 24.7 Å². The molecule has 0 spiro atoms. The summed E-state index contributed by atoms with van der Waals surface area (Å²) in [6.45, 7) is 14.7. The van der Waals surface area contributed by atoms with Gasteiger partial charge < -0.3 is 19.1 Å². The zero-order chi connectivity index (χ0) is 27.2. The fraction of sp³-hybridized carbons (Fsp3) is 0.444. The fourth-order valence-electron chi connectivity index (χ4n) is 4.41. The van der Waals surface area contributed by atoms with Gasteiger partial charge in [-0.1, -0.05) is 20.8 Å². The molecule has 0 saturated carbocycles. The minimum Gasteiger partial charge on any atom is -0.444 e. The summed E-state index contributed by atoms with van der Waals surface area (Å²) >= 11 is 0. The molecule has 1 aliphatic rings. The molecule has 200 valence electrons. The lowest BCUT2D eigenvalue weighted by molar-refractivity contribution is 0.102. The third kappa shape index (κ3) is 5.08. The van der Waals surface area contributed by atoms with Crippen molar-refractivity contribution in [2.45, 2.75) is 58.4 Å².